The van der Waals surface area contributed by atoms with Crippen molar-refractivity contribution < 1.29 is 9.53 Å². The first kappa shape index (κ1) is 13.8. The van der Waals surface area contributed by atoms with Gasteiger partial charge in [0, 0.05) is 5.56 Å². The van der Waals surface area contributed by atoms with Gasteiger partial charge in [0.1, 0.15) is 17.4 Å². The van der Waals surface area contributed by atoms with Crippen LogP contribution in [-0.4, -0.2) is 15.9 Å². The summed E-state index contributed by atoms with van der Waals surface area (Å²) >= 11 is 0. The number of aryl methyl sites for hydroxylation is 1. The van der Waals surface area contributed by atoms with Crippen LogP contribution in [0.1, 0.15) is 21.7 Å². The normalized spacial score (nSPS) is 10.2. The standard InChI is InChI=1S/C13H15N5O2/c1-7-12(18-15)16-8(2)17-13(7)20-10-5-3-9(4-6-10)11(14)19/h3-6H,15H2,1-2H3,(H2,14,19)(H,16,17,18). The van der Waals surface area contributed by atoms with E-state index in [9.17, 15) is 4.79 Å². The molecule has 0 spiro atoms. The Bertz CT molecular complexity index is 640. The molecule has 0 fully saturated rings. The molecule has 0 saturated carbocycles. The highest BCUT2D eigenvalue weighted by Gasteiger charge is 2.10. The van der Waals surface area contributed by atoms with Gasteiger partial charge >= 0.3 is 0 Å². The molecular weight excluding hydrogens is 258 g/mol. The average Bonchev–Trinajstić information content (AvgIpc) is 2.43. The van der Waals surface area contributed by atoms with Crippen LogP contribution in [0, 0.1) is 13.8 Å². The lowest BCUT2D eigenvalue weighted by Gasteiger charge is -2.11. The average molecular weight is 273 g/mol. The number of benzene rings is 1. The van der Waals surface area contributed by atoms with Crippen LogP contribution in [0.2, 0.25) is 0 Å². The van der Waals surface area contributed by atoms with Gasteiger partial charge in [-0.2, -0.15) is 4.98 Å². The van der Waals surface area contributed by atoms with E-state index in [1.54, 1.807) is 38.1 Å². The van der Waals surface area contributed by atoms with Crippen LogP contribution in [0.3, 0.4) is 0 Å². The van der Waals surface area contributed by atoms with Gasteiger partial charge in [-0.05, 0) is 38.1 Å². The molecule has 0 saturated heterocycles. The molecular formula is C13H15N5O2. The minimum Gasteiger partial charge on any atom is -0.439 e. The van der Waals surface area contributed by atoms with E-state index in [-0.39, 0.29) is 0 Å². The van der Waals surface area contributed by atoms with E-state index < -0.39 is 5.91 Å². The second kappa shape index (κ2) is 5.54. The Kier molecular flexibility index (Phi) is 3.81. The third-order valence-corrected chi connectivity index (χ3v) is 2.70. The predicted molar refractivity (Wildman–Crippen MR) is 74.4 cm³/mol. The molecule has 2 rings (SSSR count). The minimum absolute atomic E-state index is 0.400. The Balaban J connectivity index is 2.30. The molecule has 2 aromatic rings. The van der Waals surface area contributed by atoms with Crippen LogP contribution >= 0.6 is 0 Å². The maximum absolute atomic E-state index is 11.0. The van der Waals surface area contributed by atoms with Crippen molar-refractivity contribution in [3.63, 3.8) is 0 Å². The van der Waals surface area contributed by atoms with Crippen LogP contribution in [0.25, 0.3) is 0 Å². The minimum atomic E-state index is -0.486. The fourth-order valence-corrected chi connectivity index (χ4v) is 1.64. The molecule has 0 aliphatic rings. The summed E-state index contributed by atoms with van der Waals surface area (Å²) in [4.78, 5) is 19.3. The number of ether oxygens (including phenoxy) is 1. The van der Waals surface area contributed by atoms with Gasteiger partial charge in [0.2, 0.25) is 11.8 Å². The second-order valence-corrected chi connectivity index (χ2v) is 4.18. The number of amides is 1. The van der Waals surface area contributed by atoms with E-state index in [2.05, 4.69) is 15.4 Å². The van der Waals surface area contributed by atoms with Crippen LogP contribution in [-0.2, 0) is 0 Å². The van der Waals surface area contributed by atoms with Crippen LogP contribution in [0.4, 0.5) is 5.82 Å². The number of nitrogen functional groups attached to an aromatic ring is 1. The number of nitrogens with zero attached hydrogens (tertiary/aromatic N) is 2. The van der Waals surface area contributed by atoms with Gasteiger partial charge in [0.25, 0.3) is 0 Å². The van der Waals surface area contributed by atoms with Crippen LogP contribution < -0.4 is 21.7 Å². The maximum atomic E-state index is 11.0. The lowest BCUT2D eigenvalue weighted by atomic mass is 10.2. The van der Waals surface area contributed by atoms with Gasteiger partial charge in [0.05, 0.1) is 5.56 Å². The summed E-state index contributed by atoms with van der Waals surface area (Å²) in [6.07, 6.45) is 0. The molecule has 0 unspecified atom stereocenters. The second-order valence-electron chi connectivity index (χ2n) is 4.18. The molecule has 1 aromatic carbocycles. The number of nitrogens with one attached hydrogen (secondary N) is 1. The number of carbonyl (C=O) groups is 1. The molecule has 1 aromatic heterocycles. The fourth-order valence-electron chi connectivity index (χ4n) is 1.64. The highest BCUT2D eigenvalue weighted by Crippen LogP contribution is 2.26. The number of primary amides is 1. The smallest absolute Gasteiger partial charge is 0.248 e. The van der Waals surface area contributed by atoms with Gasteiger partial charge in [-0.15, -0.1) is 0 Å². The molecule has 1 amide bonds. The third kappa shape index (κ3) is 2.83. The number of hydrazine groups is 1. The predicted octanol–water partition coefficient (Wildman–Crippen LogP) is 1.27. The first-order valence-electron chi connectivity index (χ1n) is 5.91. The summed E-state index contributed by atoms with van der Waals surface area (Å²) < 4.78 is 5.67. The number of hydrogen-bond acceptors (Lipinski definition) is 6. The SMILES string of the molecule is Cc1nc(NN)c(C)c(Oc2ccc(C(N)=O)cc2)n1. The quantitative estimate of drug-likeness (QED) is 0.570. The number of hydrogen-bond donors (Lipinski definition) is 3. The molecule has 0 bridgehead atoms. The van der Waals surface area contributed by atoms with E-state index in [0.717, 1.165) is 0 Å². The molecule has 7 heteroatoms. The zero-order valence-corrected chi connectivity index (χ0v) is 11.2. The summed E-state index contributed by atoms with van der Waals surface area (Å²) in [7, 11) is 0. The zero-order valence-electron chi connectivity index (χ0n) is 11.2. The maximum Gasteiger partial charge on any atom is 0.248 e. The van der Waals surface area contributed by atoms with Crippen molar-refractivity contribution in [1.82, 2.24) is 9.97 Å². The summed E-state index contributed by atoms with van der Waals surface area (Å²) in [5, 5.41) is 0. The van der Waals surface area contributed by atoms with Gasteiger partial charge in [-0.25, -0.2) is 10.8 Å². The molecule has 0 atom stereocenters. The zero-order chi connectivity index (χ0) is 14.7. The Hall–Kier alpha value is -2.67. The van der Waals surface area contributed by atoms with E-state index in [1.807, 2.05) is 0 Å². The lowest BCUT2D eigenvalue weighted by molar-refractivity contribution is 0.100. The molecule has 0 radical (unpaired) electrons. The number of anilines is 1. The van der Waals surface area contributed by atoms with Gasteiger partial charge in [0.15, 0.2) is 0 Å². The summed E-state index contributed by atoms with van der Waals surface area (Å²) in [5.41, 5.74) is 8.78. The fraction of sp³-hybridized carbons (Fsp3) is 0.154. The Labute approximate surface area is 115 Å². The first-order valence-corrected chi connectivity index (χ1v) is 5.91. The highest BCUT2D eigenvalue weighted by molar-refractivity contribution is 5.92. The van der Waals surface area contributed by atoms with Gasteiger partial charge < -0.3 is 15.9 Å². The van der Waals surface area contributed by atoms with Crippen molar-refractivity contribution in [3.05, 3.63) is 41.2 Å². The van der Waals surface area contributed by atoms with E-state index >= 15 is 0 Å². The van der Waals surface area contributed by atoms with E-state index in [1.165, 1.54) is 0 Å². The van der Waals surface area contributed by atoms with Crippen molar-refractivity contribution in [2.24, 2.45) is 11.6 Å². The van der Waals surface area contributed by atoms with Gasteiger partial charge in [-0.3, -0.25) is 4.79 Å². The molecule has 0 aliphatic carbocycles. The number of rotatable bonds is 4. The summed E-state index contributed by atoms with van der Waals surface area (Å²) in [6, 6.07) is 6.46. The van der Waals surface area contributed by atoms with Crippen molar-refractivity contribution >= 4 is 11.7 Å². The molecule has 7 nitrogen and oxygen atoms in total. The number of carbonyl (C=O) groups excluding carboxylic acids is 1. The highest BCUT2D eigenvalue weighted by atomic mass is 16.5. The lowest BCUT2D eigenvalue weighted by Crippen LogP contribution is -2.12. The third-order valence-electron chi connectivity index (χ3n) is 2.70. The number of nitrogens with two attached hydrogens (primary N) is 2. The largest absolute Gasteiger partial charge is 0.439 e. The molecule has 20 heavy (non-hydrogen) atoms. The molecule has 104 valence electrons. The first-order chi connectivity index (χ1) is 9.51. The van der Waals surface area contributed by atoms with Crippen molar-refractivity contribution in [3.8, 4) is 11.6 Å². The summed E-state index contributed by atoms with van der Waals surface area (Å²) in [6.45, 7) is 3.53. The molecule has 5 N–H and O–H groups in total. The van der Waals surface area contributed by atoms with Gasteiger partial charge in [-0.1, -0.05) is 0 Å². The topological polar surface area (TPSA) is 116 Å². The number of aromatic nitrogens is 2. The Morgan fingerprint density at radius 1 is 1.20 bits per heavy atom. The van der Waals surface area contributed by atoms with Crippen LogP contribution in [0.15, 0.2) is 24.3 Å². The van der Waals surface area contributed by atoms with E-state index in [0.29, 0.717) is 34.4 Å². The monoisotopic (exact) mass is 273 g/mol. The van der Waals surface area contributed by atoms with Crippen molar-refractivity contribution in [1.29, 1.82) is 0 Å². The van der Waals surface area contributed by atoms with Crippen molar-refractivity contribution in [2.45, 2.75) is 13.8 Å². The molecule has 1 heterocycles. The van der Waals surface area contributed by atoms with Crippen molar-refractivity contribution in [2.75, 3.05) is 5.43 Å². The Morgan fingerprint density at radius 3 is 2.40 bits per heavy atom. The van der Waals surface area contributed by atoms with E-state index in [4.69, 9.17) is 16.3 Å². The summed E-state index contributed by atoms with van der Waals surface area (Å²) in [5.74, 6) is 6.88. The molecule has 0 aliphatic heterocycles. The van der Waals surface area contributed by atoms with Crippen LogP contribution in [0.5, 0.6) is 11.6 Å². The Morgan fingerprint density at radius 2 is 1.85 bits per heavy atom.